The van der Waals surface area contributed by atoms with Crippen LogP contribution in [-0.2, 0) is 6.54 Å². The lowest BCUT2D eigenvalue weighted by molar-refractivity contribution is 0.415. The molecule has 0 fully saturated rings. The number of hydrogen-bond acceptors (Lipinski definition) is 2. The molecule has 0 aromatic heterocycles. The molecule has 19 heavy (non-hydrogen) atoms. The van der Waals surface area contributed by atoms with Gasteiger partial charge in [-0.2, -0.15) is 0 Å². The summed E-state index contributed by atoms with van der Waals surface area (Å²) in [5, 5.41) is 3.70. The molecule has 0 saturated heterocycles. The fourth-order valence-corrected chi connectivity index (χ4v) is 2.00. The van der Waals surface area contributed by atoms with Gasteiger partial charge in [-0.05, 0) is 25.1 Å². The van der Waals surface area contributed by atoms with Crippen LogP contribution >= 0.6 is 11.6 Å². The summed E-state index contributed by atoms with van der Waals surface area (Å²) in [6, 6.07) is 10.4. The summed E-state index contributed by atoms with van der Waals surface area (Å²) < 4.78 is 18.7. The maximum Gasteiger partial charge on any atom is 0.139 e. The van der Waals surface area contributed by atoms with E-state index in [9.17, 15) is 4.39 Å². The summed E-state index contributed by atoms with van der Waals surface area (Å²) in [4.78, 5) is 0. The molecule has 0 bridgehead atoms. The SMILES string of the molecule is COc1cc(NCc2cc(C)ccc2F)ccc1Cl. The predicted molar refractivity (Wildman–Crippen MR) is 76.5 cm³/mol. The van der Waals surface area contributed by atoms with Gasteiger partial charge in [-0.1, -0.05) is 29.3 Å². The molecule has 100 valence electrons. The lowest BCUT2D eigenvalue weighted by atomic mass is 10.1. The second-order valence-electron chi connectivity index (χ2n) is 4.30. The van der Waals surface area contributed by atoms with Gasteiger partial charge >= 0.3 is 0 Å². The Labute approximate surface area is 117 Å². The highest BCUT2D eigenvalue weighted by atomic mass is 35.5. The Morgan fingerprint density at radius 2 is 2.00 bits per heavy atom. The number of anilines is 1. The van der Waals surface area contributed by atoms with Crippen molar-refractivity contribution in [3.8, 4) is 5.75 Å². The van der Waals surface area contributed by atoms with Gasteiger partial charge in [-0.15, -0.1) is 0 Å². The Hall–Kier alpha value is -1.74. The van der Waals surface area contributed by atoms with Crippen molar-refractivity contribution in [2.24, 2.45) is 0 Å². The molecule has 0 saturated carbocycles. The van der Waals surface area contributed by atoms with Crippen molar-refractivity contribution in [2.45, 2.75) is 13.5 Å². The summed E-state index contributed by atoms with van der Waals surface area (Å²) in [5.74, 6) is 0.385. The maximum absolute atomic E-state index is 13.6. The Morgan fingerprint density at radius 1 is 1.21 bits per heavy atom. The van der Waals surface area contributed by atoms with Crippen LogP contribution in [0.25, 0.3) is 0 Å². The fraction of sp³-hybridized carbons (Fsp3) is 0.200. The Bertz CT molecular complexity index is 586. The minimum Gasteiger partial charge on any atom is -0.495 e. The number of benzene rings is 2. The maximum atomic E-state index is 13.6. The third kappa shape index (κ3) is 3.38. The molecule has 4 heteroatoms. The van der Waals surface area contributed by atoms with Crippen LogP contribution in [0.15, 0.2) is 36.4 Å². The van der Waals surface area contributed by atoms with Gasteiger partial charge in [-0.25, -0.2) is 4.39 Å². The number of ether oxygens (including phenoxy) is 1. The van der Waals surface area contributed by atoms with E-state index >= 15 is 0 Å². The molecule has 1 N–H and O–H groups in total. The van der Waals surface area contributed by atoms with Crippen molar-refractivity contribution in [1.82, 2.24) is 0 Å². The highest BCUT2D eigenvalue weighted by molar-refractivity contribution is 6.32. The molecule has 0 aliphatic heterocycles. The van der Waals surface area contributed by atoms with E-state index in [1.807, 2.05) is 19.1 Å². The van der Waals surface area contributed by atoms with Crippen LogP contribution < -0.4 is 10.1 Å². The molecule has 0 heterocycles. The third-order valence-electron chi connectivity index (χ3n) is 2.84. The van der Waals surface area contributed by atoms with Gasteiger partial charge in [0.25, 0.3) is 0 Å². The van der Waals surface area contributed by atoms with Crippen molar-refractivity contribution in [3.05, 3.63) is 58.4 Å². The lowest BCUT2D eigenvalue weighted by Gasteiger charge is -2.10. The lowest BCUT2D eigenvalue weighted by Crippen LogP contribution is -2.02. The normalized spacial score (nSPS) is 10.3. The number of rotatable bonds is 4. The van der Waals surface area contributed by atoms with Gasteiger partial charge in [0.05, 0.1) is 12.1 Å². The Balaban J connectivity index is 2.12. The van der Waals surface area contributed by atoms with Crippen LogP contribution in [0, 0.1) is 12.7 Å². The van der Waals surface area contributed by atoms with Gasteiger partial charge in [0, 0.05) is 23.9 Å². The minimum atomic E-state index is -0.209. The second kappa shape index (κ2) is 5.93. The van der Waals surface area contributed by atoms with Crippen LogP contribution in [0.4, 0.5) is 10.1 Å². The van der Waals surface area contributed by atoms with Crippen LogP contribution in [0.1, 0.15) is 11.1 Å². The zero-order valence-corrected chi connectivity index (χ0v) is 11.6. The van der Waals surface area contributed by atoms with E-state index in [2.05, 4.69) is 5.32 Å². The molecule has 0 spiro atoms. The fourth-order valence-electron chi connectivity index (χ4n) is 1.81. The van der Waals surface area contributed by atoms with E-state index in [4.69, 9.17) is 16.3 Å². The molecule has 0 radical (unpaired) electrons. The van der Waals surface area contributed by atoms with Crippen LogP contribution in [0.3, 0.4) is 0 Å². The molecule has 2 aromatic carbocycles. The molecule has 2 rings (SSSR count). The van der Waals surface area contributed by atoms with E-state index in [0.717, 1.165) is 11.3 Å². The van der Waals surface area contributed by atoms with Gasteiger partial charge in [0.1, 0.15) is 11.6 Å². The highest BCUT2D eigenvalue weighted by Crippen LogP contribution is 2.27. The zero-order chi connectivity index (χ0) is 13.8. The summed E-state index contributed by atoms with van der Waals surface area (Å²) in [7, 11) is 1.56. The van der Waals surface area contributed by atoms with Crippen LogP contribution in [0.5, 0.6) is 5.75 Å². The molecule has 2 nitrogen and oxygen atoms in total. The Kier molecular flexibility index (Phi) is 4.27. The third-order valence-corrected chi connectivity index (χ3v) is 3.15. The summed E-state index contributed by atoms with van der Waals surface area (Å²) in [5.41, 5.74) is 2.50. The molecule has 0 unspecified atom stereocenters. The largest absolute Gasteiger partial charge is 0.495 e. The van der Waals surface area contributed by atoms with Crippen LogP contribution in [0.2, 0.25) is 5.02 Å². The second-order valence-corrected chi connectivity index (χ2v) is 4.70. The van der Waals surface area contributed by atoms with Gasteiger partial charge in [0.15, 0.2) is 0 Å². The molecule has 0 aliphatic rings. The smallest absolute Gasteiger partial charge is 0.139 e. The van der Waals surface area contributed by atoms with E-state index in [0.29, 0.717) is 22.9 Å². The molecule has 0 amide bonds. The van der Waals surface area contributed by atoms with E-state index in [-0.39, 0.29) is 5.82 Å². The summed E-state index contributed by atoms with van der Waals surface area (Å²) >= 11 is 5.95. The molecular weight excluding hydrogens is 265 g/mol. The van der Waals surface area contributed by atoms with E-state index < -0.39 is 0 Å². The van der Waals surface area contributed by atoms with Gasteiger partial charge < -0.3 is 10.1 Å². The topological polar surface area (TPSA) is 21.3 Å². The molecule has 2 aromatic rings. The first kappa shape index (κ1) is 13.7. The summed E-state index contributed by atoms with van der Waals surface area (Å²) in [6.07, 6.45) is 0. The standard InChI is InChI=1S/C15H15ClFNO/c1-10-3-6-14(17)11(7-10)9-18-12-4-5-13(16)15(8-12)19-2/h3-8,18H,9H2,1-2H3. The molecule has 0 atom stereocenters. The van der Waals surface area contributed by atoms with Gasteiger partial charge in [-0.3, -0.25) is 0 Å². The van der Waals surface area contributed by atoms with Crippen molar-refractivity contribution in [2.75, 3.05) is 12.4 Å². The molecular formula is C15H15ClFNO. The van der Waals surface area contributed by atoms with E-state index in [1.165, 1.54) is 6.07 Å². The van der Waals surface area contributed by atoms with Crippen molar-refractivity contribution in [3.63, 3.8) is 0 Å². The van der Waals surface area contributed by atoms with Crippen molar-refractivity contribution in [1.29, 1.82) is 0 Å². The first-order chi connectivity index (χ1) is 9.10. The average Bonchev–Trinajstić information content (AvgIpc) is 2.41. The first-order valence-electron chi connectivity index (χ1n) is 5.92. The number of methoxy groups -OCH3 is 1. The number of aryl methyl sites for hydroxylation is 1. The minimum absolute atomic E-state index is 0.209. The monoisotopic (exact) mass is 279 g/mol. The first-order valence-corrected chi connectivity index (χ1v) is 6.30. The van der Waals surface area contributed by atoms with E-state index in [1.54, 1.807) is 25.3 Å². The number of halogens is 2. The quantitative estimate of drug-likeness (QED) is 0.895. The van der Waals surface area contributed by atoms with Gasteiger partial charge in [0.2, 0.25) is 0 Å². The zero-order valence-electron chi connectivity index (χ0n) is 10.8. The highest BCUT2D eigenvalue weighted by Gasteiger charge is 2.04. The number of nitrogens with one attached hydrogen (secondary N) is 1. The molecule has 0 aliphatic carbocycles. The van der Waals surface area contributed by atoms with Crippen molar-refractivity contribution < 1.29 is 9.13 Å². The summed E-state index contributed by atoms with van der Waals surface area (Å²) in [6.45, 7) is 2.35. The Morgan fingerprint density at radius 3 is 2.74 bits per heavy atom. The predicted octanol–water partition coefficient (Wildman–Crippen LogP) is 4.41. The number of hydrogen-bond donors (Lipinski definition) is 1. The van der Waals surface area contributed by atoms with Crippen LogP contribution in [-0.4, -0.2) is 7.11 Å². The van der Waals surface area contributed by atoms with Crippen molar-refractivity contribution >= 4 is 17.3 Å². The average molecular weight is 280 g/mol.